The third kappa shape index (κ3) is 3.92. The van der Waals surface area contributed by atoms with Crippen molar-refractivity contribution in [2.45, 2.75) is 25.3 Å². The van der Waals surface area contributed by atoms with Crippen LogP contribution in [-0.2, 0) is 16.0 Å². The molecule has 0 aliphatic heterocycles. The predicted octanol–water partition coefficient (Wildman–Crippen LogP) is 1.33. The average Bonchev–Trinajstić information content (AvgIpc) is 2.99. The van der Waals surface area contributed by atoms with E-state index >= 15 is 0 Å². The lowest BCUT2D eigenvalue weighted by atomic mass is 10.00. The van der Waals surface area contributed by atoms with Crippen LogP contribution in [0.2, 0.25) is 0 Å². The summed E-state index contributed by atoms with van der Waals surface area (Å²) < 4.78 is 0. The summed E-state index contributed by atoms with van der Waals surface area (Å²) in [4.78, 5) is 30.1. The first-order valence-corrected chi connectivity index (χ1v) is 6.63. The maximum absolute atomic E-state index is 12.2. The third-order valence-electron chi connectivity index (χ3n) is 3.29. The van der Waals surface area contributed by atoms with Crippen LogP contribution in [0.25, 0.3) is 0 Å². The van der Waals surface area contributed by atoms with E-state index in [9.17, 15) is 14.7 Å². The van der Waals surface area contributed by atoms with Crippen LogP contribution >= 0.6 is 0 Å². The molecule has 0 saturated heterocycles. The molecule has 2 aromatic rings. The topological polar surface area (TPSA) is 95.1 Å². The Balaban J connectivity index is 2.03. The van der Waals surface area contributed by atoms with Crippen molar-refractivity contribution in [2.24, 2.45) is 0 Å². The molecule has 6 heteroatoms. The van der Waals surface area contributed by atoms with Crippen molar-refractivity contribution in [1.82, 2.24) is 15.3 Å². The lowest BCUT2D eigenvalue weighted by molar-refractivity contribution is -0.142. The van der Waals surface area contributed by atoms with Gasteiger partial charge >= 0.3 is 5.97 Å². The predicted molar refractivity (Wildman–Crippen MR) is 76.7 cm³/mol. The van der Waals surface area contributed by atoms with E-state index in [1.54, 1.807) is 13.1 Å². The molecule has 0 bridgehead atoms. The molecule has 110 valence electrons. The number of hydrogen-bond acceptors (Lipinski definition) is 3. The molecule has 21 heavy (non-hydrogen) atoms. The van der Waals surface area contributed by atoms with Gasteiger partial charge in [0.15, 0.2) is 0 Å². The van der Waals surface area contributed by atoms with Gasteiger partial charge in [-0.1, -0.05) is 30.3 Å². The molecular formula is C15H17N3O3. The van der Waals surface area contributed by atoms with Crippen LogP contribution in [0.5, 0.6) is 0 Å². The van der Waals surface area contributed by atoms with Gasteiger partial charge in [0.25, 0.3) is 0 Å². The number of aromatic nitrogens is 2. The molecule has 0 saturated carbocycles. The first-order chi connectivity index (χ1) is 10.1. The monoisotopic (exact) mass is 287 g/mol. The molecule has 6 nitrogen and oxygen atoms in total. The van der Waals surface area contributed by atoms with Crippen molar-refractivity contribution in [3.63, 3.8) is 0 Å². The minimum atomic E-state index is -1.07. The number of H-pyrrole nitrogens is 1. The maximum atomic E-state index is 12.2. The minimum Gasteiger partial charge on any atom is -0.480 e. The van der Waals surface area contributed by atoms with Gasteiger partial charge in [-0.15, -0.1) is 0 Å². The summed E-state index contributed by atoms with van der Waals surface area (Å²) >= 11 is 0. The fourth-order valence-corrected chi connectivity index (χ4v) is 2.01. The minimum absolute atomic E-state index is 0.169. The first-order valence-electron chi connectivity index (χ1n) is 6.63. The third-order valence-corrected chi connectivity index (χ3v) is 3.29. The number of hydrogen-bond donors (Lipinski definition) is 3. The molecule has 1 unspecified atom stereocenters. The van der Waals surface area contributed by atoms with E-state index in [0.717, 1.165) is 5.56 Å². The average molecular weight is 287 g/mol. The van der Waals surface area contributed by atoms with Gasteiger partial charge in [-0.05, 0) is 12.5 Å². The second kappa shape index (κ2) is 6.69. The SMILES string of the molecule is CC(C(=O)N[C@@H](Cc1cnc[nH]1)C(=O)O)c1ccccc1. The maximum Gasteiger partial charge on any atom is 0.326 e. The number of carboxylic acids is 1. The zero-order valence-electron chi connectivity index (χ0n) is 11.6. The van der Waals surface area contributed by atoms with E-state index in [1.165, 1.54) is 6.33 Å². The lowest BCUT2D eigenvalue weighted by Crippen LogP contribution is -2.44. The van der Waals surface area contributed by atoms with Crippen molar-refractivity contribution in [2.75, 3.05) is 0 Å². The standard InChI is InChI=1S/C15H17N3O3/c1-10(11-5-3-2-4-6-11)14(19)18-13(15(20)21)7-12-8-16-9-17-12/h2-6,8-10,13H,7H2,1H3,(H,16,17)(H,18,19)(H,20,21)/t10?,13-/m0/s1. The van der Waals surface area contributed by atoms with E-state index in [-0.39, 0.29) is 12.3 Å². The van der Waals surface area contributed by atoms with Crippen molar-refractivity contribution < 1.29 is 14.7 Å². The van der Waals surface area contributed by atoms with Gasteiger partial charge in [0.05, 0.1) is 12.2 Å². The van der Waals surface area contributed by atoms with E-state index in [0.29, 0.717) is 5.69 Å². The Morgan fingerprint density at radius 2 is 2.05 bits per heavy atom. The zero-order valence-corrected chi connectivity index (χ0v) is 11.6. The van der Waals surface area contributed by atoms with Crippen LogP contribution in [0.15, 0.2) is 42.9 Å². The molecule has 0 aliphatic rings. The van der Waals surface area contributed by atoms with Crippen LogP contribution in [0.3, 0.4) is 0 Å². The molecule has 1 heterocycles. The number of benzene rings is 1. The number of amides is 1. The second-order valence-corrected chi connectivity index (χ2v) is 4.81. The van der Waals surface area contributed by atoms with Crippen LogP contribution in [0, 0.1) is 0 Å². The highest BCUT2D eigenvalue weighted by Crippen LogP contribution is 2.15. The van der Waals surface area contributed by atoms with Gasteiger partial charge in [-0.25, -0.2) is 9.78 Å². The molecule has 1 aromatic heterocycles. The number of imidazole rings is 1. The number of carboxylic acid groups (broad SMARTS) is 1. The van der Waals surface area contributed by atoms with Crippen LogP contribution < -0.4 is 5.32 Å². The van der Waals surface area contributed by atoms with E-state index in [1.807, 2.05) is 30.3 Å². The highest BCUT2D eigenvalue weighted by atomic mass is 16.4. The first kappa shape index (κ1) is 14.8. The number of nitrogens with one attached hydrogen (secondary N) is 2. The van der Waals surface area contributed by atoms with E-state index < -0.39 is 17.9 Å². The van der Waals surface area contributed by atoms with Crippen molar-refractivity contribution in [3.05, 3.63) is 54.1 Å². The Bertz CT molecular complexity index is 596. The Hall–Kier alpha value is -2.63. The van der Waals surface area contributed by atoms with E-state index in [2.05, 4.69) is 15.3 Å². The summed E-state index contributed by atoms with van der Waals surface area (Å²) in [7, 11) is 0. The normalized spacial score (nSPS) is 13.4. The Labute approximate surface area is 122 Å². The molecule has 2 atom stereocenters. The van der Waals surface area contributed by atoms with Crippen LogP contribution in [0.4, 0.5) is 0 Å². The molecule has 0 spiro atoms. The summed E-state index contributed by atoms with van der Waals surface area (Å²) in [5, 5.41) is 11.8. The number of rotatable bonds is 6. The van der Waals surface area contributed by atoms with Crippen LogP contribution in [0.1, 0.15) is 24.1 Å². The molecule has 0 radical (unpaired) electrons. The molecule has 2 rings (SSSR count). The number of nitrogens with zero attached hydrogens (tertiary/aromatic N) is 1. The van der Waals surface area contributed by atoms with Gasteiger partial charge in [-0.2, -0.15) is 0 Å². The molecule has 3 N–H and O–H groups in total. The van der Waals surface area contributed by atoms with Crippen molar-refractivity contribution in [3.8, 4) is 0 Å². The lowest BCUT2D eigenvalue weighted by Gasteiger charge is -2.17. The summed E-state index contributed by atoms with van der Waals surface area (Å²) in [6, 6.07) is 8.26. The summed E-state index contributed by atoms with van der Waals surface area (Å²) in [5.74, 6) is -1.79. The van der Waals surface area contributed by atoms with Crippen molar-refractivity contribution >= 4 is 11.9 Å². The molecule has 1 amide bonds. The number of aromatic amines is 1. The quantitative estimate of drug-likeness (QED) is 0.747. The largest absolute Gasteiger partial charge is 0.480 e. The Kier molecular flexibility index (Phi) is 4.71. The van der Waals surface area contributed by atoms with Gasteiger partial charge in [0, 0.05) is 18.3 Å². The van der Waals surface area contributed by atoms with Crippen molar-refractivity contribution in [1.29, 1.82) is 0 Å². The summed E-state index contributed by atoms with van der Waals surface area (Å²) in [6.07, 6.45) is 3.19. The molecule has 0 fully saturated rings. The van der Waals surface area contributed by atoms with Gasteiger partial charge in [0.2, 0.25) is 5.91 Å². The molecular weight excluding hydrogens is 270 g/mol. The molecule has 0 aliphatic carbocycles. The van der Waals surface area contributed by atoms with Gasteiger partial charge in [-0.3, -0.25) is 4.79 Å². The smallest absolute Gasteiger partial charge is 0.326 e. The number of aliphatic carboxylic acids is 1. The number of carbonyl (C=O) groups is 2. The Morgan fingerprint density at radius 3 is 2.62 bits per heavy atom. The van der Waals surface area contributed by atoms with Gasteiger partial charge < -0.3 is 15.4 Å². The summed E-state index contributed by atoms with van der Waals surface area (Å²) in [6.45, 7) is 1.75. The Morgan fingerprint density at radius 1 is 1.33 bits per heavy atom. The second-order valence-electron chi connectivity index (χ2n) is 4.81. The molecule has 1 aromatic carbocycles. The fourth-order valence-electron chi connectivity index (χ4n) is 2.01. The van der Waals surface area contributed by atoms with Crippen LogP contribution in [-0.4, -0.2) is 33.0 Å². The van der Waals surface area contributed by atoms with E-state index in [4.69, 9.17) is 0 Å². The van der Waals surface area contributed by atoms with Gasteiger partial charge in [0.1, 0.15) is 6.04 Å². The fraction of sp³-hybridized carbons (Fsp3) is 0.267. The highest BCUT2D eigenvalue weighted by Gasteiger charge is 2.24. The number of carbonyl (C=O) groups excluding carboxylic acids is 1. The summed E-state index contributed by atoms with van der Waals surface area (Å²) in [5.41, 5.74) is 1.51. The zero-order chi connectivity index (χ0) is 15.2. The highest BCUT2D eigenvalue weighted by molar-refractivity contribution is 5.87.